The van der Waals surface area contributed by atoms with Crippen LogP contribution in [0.4, 0.5) is 5.69 Å². The third-order valence-corrected chi connectivity index (χ3v) is 3.15. The summed E-state index contributed by atoms with van der Waals surface area (Å²) in [5.74, 6) is -0.710. The van der Waals surface area contributed by atoms with E-state index in [0.717, 1.165) is 16.9 Å². The van der Waals surface area contributed by atoms with Crippen molar-refractivity contribution in [1.29, 1.82) is 0 Å². The molecule has 6 nitrogen and oxygen atoms in total. The minimum Gasteiger partial charge on any atom is -0.481 e. The summed E-state index contributed by atoms with van der Waals surface area (Å²) >= 11 is 0. The van der Waals surface area contributed by atoms with E-state index in [4.69, 9.17) is 5.11 Å². The first-order chi connectivity index (χ1) is 8.90. The zero-order valence-corrected chi connectivity index (χ0v) is 11.0. The Kier molecular flexibility index (Phi) is 3.25. The van der Waals surface area contributed by atoms with E-state index in [1.54, 1.807) is 19.2 Å². The highest BCUT2D eigenvalue weighted by Gasteiger charge is 2.15. The highest BCUT2D eigenvalue weighted by molar-refractivity contribution is 6.03. The van der Waals surface area contributed by atoms with Gasteiger partial charge in [0, 0.05) is 19.8 Å². The SMILES string of the molecule is Cc1nc2cc(N(C)C(=O)CC(=O)O)ccc2n1C. The van der Waals surface area contributed by atoms with Crippen LogP contribution in [0.2, 0.25) is 0 Å². The van der Waals surface area contributed by atoms with E-state index >= 15 is 0 Å². The lowest BCUT2D eigenvalue weighted by molar-refractivity contribution is -0.140. The molecule has 1 aromatic carbocycles. The molecule has 2 rings (SSSR count). The molecule has 0 spiro atoms. The lowest BCUT2D eigenvalue weighted by atomic mass is 10.2. The number of fused-ring (bicyclic) bond motifs is 1. The van der Waals surface area contributed by atoms with Crippen molar-refractivity contribution >= 4 is 28.6 Å². The van der Waals surface area contributed by atoms with Crippen molar-refractivity contribution in [2.24, 2.45) is 7.05 Å². The van der Waals surface area contributed by atoms with Crippen molar-refractivity contribution in [2.75, 3.05) is 11.9 Å². The number of hydrogen-bond donors (Lipinski definition) is 1. The smallest absolute Gasteiger partial charge is 0.312 e. The molecule has 0 aliphatic carbocycles. The maximum Gasteiger partial charge on any atom is 0.312 e. The fourth-order valence-corrected chi connectivity index (χ4v) is 1.91. The summed E-state index contributed by atoms with van der Waals surface area (Å²) in [6.07, 6.45) is -0.518. The van der Waals surface area contributed by atoms with Crippen molar-refractivity contribution in [1.82, 2.24) is 9.55 Å². The molecule has 0 aliphatic heterocycles. The van der Waals surface area contributed by atoms with E-state index in [-0.39, 0.29) is 0 Å². The monoisotopic (exact) mass is 261 g/mol. The molecule has 0 unspecified atom stereocenters. The minimum absolute atomic E-state index is 0.459. The number of aromatic nitrogens is 2. The van der Waals surface area contributed by atoms with Crippen molar-refractivity contribution in [3.63, 3.8) is 0 Å². The number of aliphatic carboxylic acids is 1. The molecular formula is C13H15N3O3. The van der Waals surface area contributed by atoms with Crippen LogP contribution in [0.25, 0.3) is 11.0 Å². The van der Waals surface area contributed by atoms with Gasteiger partial charge in [0.05, 0.1) is 11.0 Å². The highest BCUT2D eigenvalue weighted by Crippen LogP contribution is 2.22. The first-order valence-electron chi connectivity index (χ1n) is 5.81. The number of anilines is 1. The lowest BCUT2D eigenvalue weighted by Crippen LogP contribution is -2.28. The fourth-order valence-electron chi connectivity index (χ4n) is 1.91. The van der Waals surface area contributed by atoms with E-state index in [1.165, 1.54) is 4.90 Å². The number of carboxylic acid groups (broad SMARTS) is 1. The van der Waals surface area contributed by atoms with Gasteiger partial charge in [0.25, 0.3) is 0 Å². The molecule has 6 heteroatoms. The van der Waals surface area contributed by atoms with Gasteiger partial charge in [-0.3, -0.25) is 9.59 Å². The molecule has 19 heavy (non-hydrogen) atoms. The summed E-state index contributed by atoms with van der Waals surface area (Å²) in [6.45, 7) is 1.90. The summed E-state index contributed by atoms with van der Waals surface area (Å²) < 4.78 is 1.96. The number of aryl methyl sites for hydroxylation is 2. The molecule has 1 amide bonds. The van der Waals surface area contributed by atoms with Crippen LogP contribution in [0.5, 0.6) is 0 Å². The molecule has 0 saturated heterocycles. The topological polar surface area (TPSA) is 75.4 Å². The third kappa shape index (κ3) is 2.42. The average Bonchev–Trinajstić information content (AvgIpc) is 2.63. The normalized spacial score (nSPS) is 10.7. The van der Waals surface area contributed by atoms with E-state index in [0.29, 0.717) is 5.69 Å². The molecule has 0 bridgehead atoms. The number of benzene rings is 1. The number of hydrogen-bond acceptors (Lipinski definition) is 3. The number of rotatable bonds is 3. The molecule has 1 aromatic heterocycles. The number of amides is 1. The summed E-state index contributed by atoms with van der Waals surface area (Å²) in [4.78, 5) is 27.9. The van der Waals surface area contributed by atoms with Gasteiger partial charge < -0.3 is 14.6 Å². The van der Waals surface area contributed by atoms with Crippen LogP contribution >= 0.6 is 0 Å². The number of imidazole rings is 1. The molecule has 2 aromatic rings. The van der Waals surface area contributed by atoms with Gasteiger partial charge in [0.15, 0.2) is 0 Å². The van der Waals surface area contributed by atoms with Crippen LogP contribution in [0.1, 0.15) is 12.2 Å². The van der Waals surface area contributed by atoms with E-state index in [9.17, 15) is 9.59 Å². The molecule has 0 atom stereocenters. The predicted molar refractivity (Wildman–Crippen MR) is 71.1 cm³/mol. The number of carbonyl (C=O) groups excluding carboxylic acids is 1. The zero-order chi connectivity index (χ0) is 14.2. The highest BCUT2D eigenvalue weighted by atomic mass is 16.4. The Hall–Kier alpha value is -2.37. The van der Waals surface area contributed by atoms with E-state index in [1.807, 2.05) is 24.6 Å². The quantitative estimate of drug-likeness (QED) is 0.845. The fraction of sp³-hybridized carbons (Fsp3) is 0.308. The Balaban J connectivity index is 2.35. The van der Waals surface area contributed by atoms with Crippen molar-refractivity contribution in [3.05, 3.63) is 24.0 Å². The van der Waals surface area contributed by atoms with Crippen LogP contribution in [-0.2, 0) is 16.6 Å². The molecule has 1 N–H and O–H groups in total. The van der Waals surface area contributed by atoms with Gasteiger partial charge in [-0.15, -0.1) is 0 Å². The van der Waals surface area contributed by atoms with Gasteiger partial charge in [-0.05, 0) is 25.1 Å². The van der Waals surface area contributed by atoms with Crippen LogP contribution in [-0.4, -0.2) is 33.6 Å². The van der Waals surface area contributed by atoms with Gasteiger partial charge in [-0.25, -0.2) is 4.98 Å². The Morgan fingerprint density at radius 1 is 1.42 bits per heavy atom. The van der Waals surface area contributed by atoms with Crippen molar-refractivity contribution in [2.45, 2.75) is 13.3 Å². The third-order valence-electron chi connectivity index (χ3n) is 3.15. The first kappa shape index (κ1) is 13.1. The van der Waals surface area contributed by atoms with E-state index < -0.39 is 18.3 Å². The van der Waals surface area contributed by atoms with Gasteiger partial charge in [0.1, 0.15) is 12.2 Å². The summed E-state index contributed by atoms with van der Waals surface area (Å²) in [7, 11) is 3.48. The Bertz CT molecular complexity index is 660. The standard InChI is InChI=1S/C13H15N3O3/c1-8-14-10-6-9(4-5-11(10)15(8)2)16(3)12(17)7-13(18)19/h4-6H,7H2,1-3H3,(H,18,19). The second-order valence-electron chi connectivity index (χ2n) is 4.41. The van der Waals surface area contributed by atoms with Gasteiger partial charge >= 0.3 is 5.97 Å². The van der Waals surface area contributed by atoms with Crippen LogP contribution in [0.15, 0.2) is 18.2 Å². The summed E-state index contributed by atoms with van der Waals surface area (Å²) in [6, 6.07) is 5.43. The maximum absolute atomic E-state index is 11.7. The molecule has 1 heterocycles. The molecule has 0 saturated carbocycles. The second kappa shape index (κ2) is 4.72. The molecule has 0 fully saturated rings. The number of nitrogens with zero attached hydrogens (tertiary/aromatic N) is 3. The number of carboxylic acids is 1. The zero-order valence-electron chi connectivity index (χ0n) is 11.0. The minimum atomic E-state index is -1.13. The molecule has 100 valence electrons. The van der Waals surface area contributed by atoms with Crippen LogP contribution in [0.3, 0.4) is 0 Å². The maximum atomic E-state index is 11.7. The average molecular weight is 261 g/mol. The Morgan fingerprint density at radius 2 is 2.11 bits per heavy atom. The molecule has 0 radical (unpaired) electrons. The lowest BCUT2D eigenvalue weighted by Gasteiger charge is -2.16. The van der Waals surface area contributed by atoms with Crippen LogP contribution < -0.4 is 4.90 Å². The van der Waals surface area contributed by atoms with Crippen molar-refractivity contribution in [3.8, 4) is 0 Å². The molecule has 0 aliphatic rings. The summed E-state index contributed by atoms with van der Waals surface area (Å²) in [5.41, 5.74) is 2.39. The second-order valence-corrected chi connectivity index (χ2v) is 4.41. The van der Waals surface area contributed by atoms with Gasteiger partial charge in [-0.2, -0.15) is 0 Å². The van der Waals surface area contributed by atoms with Crippen molar-refractivity contribution < 1.29 is 14.7 Å². The van der Waals surface area contributed by atoms with Crippen LogP contribution in [0, 0.1) is 6.92 Å². The Labute approximate surface area is 110 Å². The number of carbonyl (C=O) groups is 2. The first-order valence-corrected chi connectivity index (χ1v) is 5.81. The van der Waals surface area contributed by atoms with Gasteiger partial charge in [-0.1, -0.05) is 0 Å². The Morgan fingerprint density at radius 3 is 2.74 bits per heavy atom. The van der Waals surface area contributed by atoms with Gasteiger partial charge in [0.2, 0.25) is 5.91 Å². The largest absolute Gasteiger partial charge is 0.481 e. The van der Waals surface area contributed by atoms with E-state index in [2.05, 4.69) is 4.98 Å². The predicted octanol–water partition coefficient (Wildman–Crippen LogP) is 1.32. The summed E-state index contributed by atoms with van der Waals surface area (Å²) in [5, 5.41) is 8.63. The molecular weight excluding hydrogens is 246 g/mol.